The number of ether oxygens (including phenoxy) is 1. The summed E-state index contributed by atoms with van der Waals surface area (Å²) in [5.41, 5.74) is -0.195. The summed E-state index contributed by atoms with van der Waals surface area (Å²) >= 11 is 1.05. The summed E-state index contributed by atoms with van der Waals surface area (Å²) in [6.07, 6.45) is -0.932. The minimum absolute atomic E-state index is 0.0330. The highest BCUT2D eigenvalue weighted by molar-refractivity contribution is 7.16. The highest BCUT2D eigenvalue weighted by Crippen LogP contribution is 2.33. The fraction of sp³-hybridized carbons (Fsp3) is 0.235. The molecule has 0 saturated heterocycles. The molecule has 138 valence electrons. The Morgan fingerprint density at radius 1 is 1.08 bits per heavy atom. The first-order valence-electron chi connectivity index (χ1n) is 7.59. The van der Waals surface area contributed by atoms with Crippen molar-refractivity contribution in [2.75, 3.05) is 11.9 Å². The number of amides is 3. The molecular weight excluding hydrogens is 366 g/mol. The Labute approximate surface area is 152 Å². The van der Waals surface area contributed by atoms with Crippen molar-refractivity contribution in [1.82, 2.24) is 5.32 Å². The summed E-state index contributed by atoms with van der Waals surface area (Å²) < 4.78 is 32.2. The second kappa shape index (κ2) is 8.05. The van der Waals surface area contributed by atoms with E-state index in [4.69, 9.17) is 0 Å². The largest absolute Gasteiger partial charge is 0.450 e. The van der Waals surface area contributed by atoms with Crippen molar-refractivity contribution in [2.24, 2.45) is 0 Å². The van der Waals surface area contributed by atoms with Gasteiger partial charge in [0.15, 0.2) is 0 Å². The summed E-state index contributed by atoms with van der Waals surface area (Å²) in [5, 5.41) is 4.46. The third kappa shape index (κ3) is 4.05. The zero-order valence-electron chi connectivity index (χ0n) is 14.2. The van der Waals surface area contributed by atoms with E-state index in [9.17, 15) is 23.2 Å². The summed E-state index contributed by atoms with van der Waals surface area (Å²) in [7, 11) is 0. The highest BCUT2D eigenvalue weighted by Gasteiger charge is 2.25. The van der Waals surface area contributed by atoms with Gasteiger partial charge in [0.05, 0.1) is 12.2 Å². The molecule has 3 amide bonds. The number of hydrogen-bond donors (Lipinski definition) is 2. The number of aryl methyl sites for hydroxylation is 1. The van der Waals surface area contributed by atoms with E-state index in [1.807, 2.05) is 5.32 Å². The second-order valence-corrected chi connectivity index (χ2v) is 6.44. The Bertz CT molecular complexity index is 860. The zero-order chi connectivity index (χ0) is 19.4. The molecule has 0 aliphatic rings. The van der Waals surface area contributed by atoms with Crippen molar-refractivity contribution in [1.29, 1.82) is 0 Å². The van der Waals surface area contributed by atoms with Gasteiger partial charge in [-0.1, -0.05) is 6.07 Å². The van der Waals surface area contributed by atoms with Crippen molar-refractivity contribution in [3.8, 4) is 0 Å². The molecule has 0 fully saturated rings. The summed E-state index contributed by atoms with van der Waals surface area (Å²) in [5.74, 6) is -3.86. The number of thiophene rings is 1. The van der Waals surface area contributed by atoms with Crippen LogP contribution in [0.4, 0.5) is 18.6 Å². The molecule has 0 bridgehead atoms. The first-order valence-corrected chi connectivity index (χ1v) is 8.41. The number of halogens is 2. The predicted octanol–water partition coefficient (Wildman–Crippen LogP) is 3.78. The summed E-state index contributed by atoms with van der Waals surface area (Å²) in [6.45, 7) is 5.00. The van der Waals surface area contributed by atoms with Gasteiger partial charge in [-0.2, -0.15) is 0 Å². The third-order valence-electron chi connectivity index (χ3n) is 3.52. The van der Waals surface area contributed by atoms with E-state index in [2.05, 4.69) is 10.1 Å². The van der Waals surface area contributed by atoms with Gasteiger partial charge in [-0.15, -0.1) is 11.3 Å². The number of imide groups is 1. The number of carbonyl (C=O) groups excluding carboxylic acids is 3. The number of nitrogens with one attached hydrogen (secondary N) is 2. The molecule has 2 aromatic rings. The standard InChI is InChI=1S/C17H16F2N2O4S/c1-4-25-17(24)21-14(22)12-8(2)9(3)26-16(12)20-15(23)13-10(18)6-5-7-11(13)19/h5-7H,4H2,1-3H3,(H,20,23)(H,21,22,24). The van der Waals surface area contributed by atoms with Gasteiger partial charge >= 0.3 is 6.09 Å². The Kier molecular flexibility index (Phi) is 6.04. The normalized spacial score (nSPS) is 10.3. The highest BCUT2D eigenvalue weighted by atomic mass is 32.1. The molecule has 6 nitrogen and oxygen atoms in total. The molecule has 1 aromatic carbocycles. The van der Waals surface area contributed by atoms with E-state index in [0.717, 1.165) is 29.5 Å². The molecule has 1 heterocycles. The molecule has 0 radical (unpaired) electrons. The van der Waals surface area contributed by atoms with Gasteiger partial charge in [-0.05, 0) is 38.5 Å². The van der Waals surface area contributed by atoms with E-state index in [1.165, 1.54) is 0 Å². The lowest BCUT2D eigenvalue weighted by Crippen LogP contribution is -2.32. The van der Waals surface area contributed by atoms with E-state index < -0.39 is 35.1 Å². The smallest absolute Gasteiger partial charge is 0.414 e. The van der Waals surface area contributed by atoms with Crippen LogP contribution in [0.5, 0.6) is 0 Å². The second-order valence-electron chi connectivity index (χ2n) is 5.21. The molecule has 0 unspecified atom stereocenters. The van der Waals surface area contributed by atoms with Crippen LogP contribution >= 0.6 is 11.3 Å². The number of hydrogen-bond acceptors (Lipinski definition) is 5. The lowest BCUT2D eigenvalue weighted by molar-refractivity contribution is 0.0925. The maximum atomic E-state index is 13.8. The molecule has 2 N–H and O–H groups in total. The van der Waals surface area contributed by atoms with Crippen LogP contribution in [0.25, 0.3) is 0 Å². The van der Waals surface area contributed by atoms with Gasteiger partial charge in [-0.25, -0.2) is 13.6 Å². The minimum atomic E-state index is -1.04. The molecule has 26 heavy (non-hydrogen) atoms. The number of rotatable bonds is 4. The summed E-state index contributed by atoms with van der Waals surface area (Å²) in [4.78, 5) is 36.7. The van der Waals surface area contributed by atoms with Crippen LogP contribution < -0.4 is 10.6 Å². The van der Waals surface area contributed by atoms with E-state index in [-0.39, 0.29) is 17.2 Å². The quantitative estimate of drug-likeness (QED) is 0.843. The van der Waals surface area contributed by atoms with Crippen LogP contribution in [0.15, 0.2) is 18.2 Å². The fourth-order valence-corrected chi connectivity index (χ4v) is 3.24. The van der Waals surface area contributed by atoms with Crippen LogP contribution in [-0.2, 0) is 4.74 Å². The summed E-state index contributed by atoms with van der Waals surface area (Å²) in [6, 6.07) is 3.05. The fourth-order valence-electron chi connectivity index (χ4n) is 2.19. The third-order valence-corrected chi connectivity index (χ3v) is 4.64. The molecule has 0 aliphatic heterocycles. The molecule has 0 saturated carbocycles. The predicted molar refractivity (Wildman–Crippen MR) is 92.6 cm³/mol. The van der Waals surface area contributed by atoms with Gasteiger partial charge in [0, 0.05) is 4.88 Å². The van der Waals surface area contributed by atoms with Crippen molar-refractivity contribution in [3.63, 3.8) is 0 Å². The number of benzene rings is 1. The van der Waals surface area contributed by atoms with E-state index in [0.29, 0.717) is 10.4 Å². The Balaban J connectivity index is 2.33. The molecule has 0 atom stereocenters. The van der Waals surface area contributed by atoms with Crippen LogP contribution in [0.1, 0.15) is 38.1 Å². The van der Waals surface area contributed by atoms with Gasteiger partial charge in [0.1, 0.15) is 22.2 Å². The molecule has 0 spiro atoms. The Hall–Kier alpha value is -2.81. The van der Waals surface area contributed by atoms with Gasteiger partial charge in [-0.3, -0.25) is 14.9 Å². The number of carbonyl (C=O) groups is 3. The number of alkyl carbamates (subject to hydrolysis) is 1. The first kappa shape index (κ1) is 19.5. The first-order chi connectivity index (χ1) is 12.3. The van der Waals surface area contributed by atoms with Crippen LogP contribution in [0, 0.1) is 25.5 Å². The molecule has 0 aliphatic carbocycles. The van der Waals surface area contributed by atoms with E-state index in [1.54, 1.807) is 20.8 Å². The van der Waals surface area contributed by atoms with Crippen molar-refractivity contribution >= 4 is 34.2 Å². The monoisotopic (exact) mass is 382 g/mol. The van der Waals surface area contributed by atoms with Crippen molar-refractivity contribution in [3.05, 3.63) is 51.4 Å². The van der Waals surface area contributed by atoms with Crippen molar-refractivity contribution in [2.45, 2.75) is 20.8 Å². The van der Waals surface area contributed by atoms with Gasteiger partial charge in [0.25, 0.3) is 11.8 Å². The van der Waals surface area contributed by atoms with Crippen molar-refractivity contribution < 1.29 is 27.9 Å². The van der Waals surface area contributed by atoms with Crippen LogP contribution in [0.2, 0.25) is 0 Å². The average Bonchev–Trinajstić information content (AvgIpc) is 2.81. The Morgan fingerprint density at radius 3 is 2.27 bits per heavy atom. The lowest BCUT2D eigenvalue weighted by Gasteiger charge is -2.09. The molecular formula is C17H16F2N2O4S. The van der Waals surface area contributed by atoms with E-state index >= 15 is 0 Å². The number of anilines is 1. The molecule has 9 heteroatoms. The average molecular weight is 382 g/mol. The van der Waals surface area contributed by atoms with Gasteiger partial charge in [0.2, 0.25) is 0 Å². The zero-order valence-corrected chi connectivity index (χ0v) is 15.1. The maximum Gasteiger partial charge on any atom is 0.414 e. The van der Waals surface area contributed by atoms with Crippen LogP contribution in [0.3, 0.4) is 0 Å². The Morgan fingerprint density at radius 2 is 1.69 bits per heavy atom. The molecule has 2 rings (SSSR count). The minimum Gasteiger partial charge on any atom is -0.450 e. The van der Waals surface area contributed by atoms with Crippen LogP contribution in [-0.4, -0.2) is 24.5 Å². The SMILES string of the molecule is CCOC(=O)NC(=O)c1c(NC(=O)c2c(F)cccc2F)sc(C)c1C. The maximum absolute atomic E-state index is 13.8. The topological polar surface area (TPSA) is 84.5 Å². The lowest BCUT2D eigenvalue weighted by atomic mass is 10.1. The molecule has 1 aromatic heterocycles. The van der Waals surface area contributed by atoms with Gasteiger partial charge < -0.3 is 10.1 Å².